The molecule has 0 aliphatic carbocycles. The van der Waals surface area contributed by atoms with E-state index >= 15 is 0 Å². The van der Waals surface area contributed by atoms with E-state index in [2.05, 4.69) is 64.8 Å². The highest BCUT2D eigenvalue weighted by Crippen LogP contribution is 2.28. The molecule has 3 heterocycles. The maximum atomic E-state index is 4.81. The quantitative estimate of drug-likeness (QED) is 0.695. The summed E-state index contributed by atoms with van der Waals surface area (Å²) in [5.74, 6) is 1.60. The third-order valence-corrected chi connectivity index (χ3v) is 4.93. The molecular weight excluding hydrogens is 348 g/mol. The van der Waals surface area contributed by atoms with Crippen molar-refractivity contribution in [1.82, 2.24) is 19.9 Å². The van der Waals surface area contributed by atoms with Crippen molar-refractivity contribution in [2.45, 2.75) is 39.3 Å². The molecule has 0 unspecified atom stereocenters. The van der Waals surface area contributed by atoms with Crippen LogP contribution in [0.15, 0.2) is 42.7 Å². The number of anilines is 2. The lowest BCUT2D eigenvalue weighted by molar-refractivity contribution is 0.541. The van der Waals surface area contributed by atoms with Gasteiger partial charge in [-0.2, -0.15) is 0 Å². The highest BCUT2D eigenvalue weighted by atomic mass is 15.3. The van der Waals surface area contributed by atoms with Crippen LogP contribution in [0.4, 0.5) is 11.6 Å². The second-order valence-electron chi connectivity index (χ2n) is 8.45. The Labute approximate surface area is 166 Å². The molecule has 4 rings (SSSR count). The SMILES string of the molecule is CN(C)c1ccc(-c2ccnc(N3Cc4cnc(C(C)(C)C)nc4C3)n2)cc1. The third-order valence-electron chi connectivity index (χ3n) is 4.93. The van der Waals surface area contributed by atoms with Gasteiger partial charge in [0.15, 0.2) is 0 Å². The van der Waals surface area contributed by atoms with E-state index in [9.17, 15) is 0 Å². The highest BCUT2D eigenvalue weighted by Gasteiger charge is 2.26. The third kappa shape index (κ3) is 3.54. The minimum atomic E-state index is -0.0579. The van der Waals surface area contributed by atoms with Gasteiger partial charge < -0.3 is 9.80 Å². The molecule has 0 amide bonds. The number of hydrogen-bond acceptors (Lipinski definition) is 6. The molecule has 1 aliphatic heterocycles. The molecule has 0 fully saturated rings. The summed E-state index contributed by atoms with van der Waals surface area (Å²) in [7, 11) is 4.08. The van der Waals surface area contributed by atoms with E-state index in [-0.39, 0.29) is 5.41 Å². The van der Waals surface area contributed by atoms with Crippen LogP contribution in [0.3, 0.4) is 0 Å². The Kier molecular flexibility index (Phi) is 4.49. The van der Waals surface area contributed by atoms with Gasteiger partial charge in [-0.1, -0.05) is 32.9 Å². The van der Waals surface area contributed by atoms with E-state index in [1.165, 1.54) is 5.69 Å². The Bertz CT molecular complexity index is 989. The lowest BCUT2D eigenvalue weighted by Crippen LogP contribution is -2.18. The molecule has 0 radical (unpaired) electrons. The van der Waals surface area contributed by atoms with Crippen molar-refractivity contribution < 1.29 is 0 Å². The van der Waals surface area contributed by atoms with Crippen LogP contribution >= 0.6 is 0 Å². The number of rotatable bonds is 3. The van der Waals surface area contributed by atoms with Gasteiger partial charge in [0.2, 0.25) is 5.95 Å². The average Bonchev–Trinajstić information content (AvgIpc) is 3.11. The first-order valence-electron chi connectivity index (χ1n) is 9.52. The maximum Gasteiger partial charge on any atom is 0.226 e. The molecule has 0 spiro atoms. The van der Waals surface area contributed by atoms with Crippen LogP contribution < -0.4 is 9.80 Å². The number of benzene rings is 1. The predicted octanol–water partition coefficient (Wildman–Crippen LogP) is 3.82. The van der Waals surface area contributed by atoms with Gasteiger partial charge >= 0.3 is 0 Å². The Hall–Kier alpha value is -3.02. The van der Waals surface area contributed by atoms with Gasteiger partial charge in [0.05, 0.1) is 17.9 Å². The molecule has 6 nitrogen and oxygen atoms in total. The summed E-state index contributed by atoms with van der Waals surface area (Å²) >= 11 is 0. The topological polar surface area (TPSA) is 58.0 Å². The number of aromatic nitrogens is 4. The Balaban J connectivity index is 1.58. The summed E-state index contributed by atoms with van der Waals surface area (Å²) in [4.78, 5) is 22.9. The predicted molar refractivity (Wildman–Crippen MR) is 112 cm³/mol. The number of nitrogens with zero attached hydrogens (tertiary/aromatic N) is 6. The van der Waals surface area contributed by atoms with Gasteiger partial charge in [0, 0.05) is 55.3 Å². The minimum Gasteiger partial charge on any atom is -0.378 e. The molecule has 0 N–H and O–H groups in total. The zero-order valence-corrected chi connectivity index (χ0v) is 17.1. The van der Waals surface area contributed by atoms with Crippen molar-refractivity contribution in [2.24, 2.45) is 0 Å². The van der Waals surface area contributed by atoms with Crippen LogP contribution in [0.1, 0.15) is 37.9 Å². The maximum absolute atomic E-state index is 4.81. The molecule has 144 valence electrons. The minimum absolute atomic E-state index is 0.0579. The summed E-state index contributed by atoms with van der Waals surface area (Å²) in [5.41, 5.74) is 5.34. The number of fused-ring (bicyclic) bond motifs is 1. The molecule has 1 aromatic carbocycles. The van der Waals surface area contributed by atoms with Crippen LogP contribution in [-0.4, -0.2) is 34.0 Å². The Morgan fingerprint density at radius 2 is 1.68 bits per heavy atom. The molecule has 0 saturated heterocycles. The van der Waals surface area contributed by atoms with E-state index < -0.39 is 0 Å². The molecule has 1 aliphatic rings. The Morgan fingerprint density at radius 3 is 2.36 bits per heavy atom. The summed E-state index contributed by atoms with van der Waals surface area (Å²) in [5, 5.41) is 0. The largest absolute Gasteiger partial charge is 0.378 e. The fourth-order valence-electron chi connectivity index (χ4n) is 3.25. The highest BCUT2D eigenvalue weighted by molar-refractivity contribution is 5.64. The van der Waals surface area contributed by atoms with Crippen molar-refractivity contribution in [3.05, 3.63) is 59.8 Å². The molecule has 28 heavy (non-hydrogen) atoms. The zero-order chi connectivity index (χ0) is 19.9. The van der Waals surface area contributed by atoms with E-state index in [1.807, 2.05) is 32.6 Å². The summed E-state index contributed by atoms with van der Waals surface area (Å²) in [6.07, 6.45) is 3.78. The van der Waals surface area contributed by atoms with Crippen LogP contribution in [0.5, 0.6) is 0 Å². The first kappa shape index (κ1) is 18.3. The van der Waals surface area contributed by atoms with Crippen molar-refractivity contribution in [2.75, 3.05) is 23.9 Å². The van der Waals surface area contributed by atoms with Crippen LogP contribution in [0, 0.1) is 0 Å². The van der Waals surface area contributed by atoms with Crippen LogP contribution in [0.2, 0.25) is 0 Å². The van der Waals surface area contributed by atoms with Crippen LogP contribution in [-0.2, 0) is 18.5 Å². The van der Waals surface area contributed by atoms with Crippen molar-refractivity contribution in [3.8, 4) is 11.3 Å². The lowest BCUT2D eigenvalue weighted by atomic mass is 9.95. The molecule has 3 aromatic rings. The van der Waals surface area contributed by atoms with Crippen molar-refractivity contribution in [1.29, 1.82) is 0 Å². The molecule has 0 bridgehead atoms. The van der Waals surface area contributed by atoms with Gasteiger partial charge in [0.25, 0.3) is 0 Å². The van der Waals surface area contributed by atoms with Crippen LogP contribution in [0.25, 0.3) is 11.3 Å². The summed E-state index contributed by atoms with van der Waals surface area (Å²) in [6.45, 7) is 7.85. The summed E-state index contributed by atoms with van der Waals surface area (Å²) < 4.78 is 0. The lowest BCUT2D eigenvalue weighted by Gasteiger charge is -2.17. The van der Waals surface area contributed by atoms with Crippen molar-refractivity contribution >= 4 is 11.6 Å². The fraction of sp³-hybridized carbons (Fsp3) is 0.364. The van der Waals surface area contributed by atoms with Gasteiger partial charge in [-0.15, -0.1) is 0 Å². The van der Waals surface area contributed by atoms with Gasteiger partial charge in [-0.3, -0.25) is 0 Å². The molecule has 6 heteroatoms. The summed E-state index contributed by atoms with van der Waals surface area (Å²) in [6, 6.07) is 10.4. The average molecular weight is 374 g/mol. The molecule has 0 saturated carbocycles. The molecule has 0 atom stereocenters. The smallest absolute Gasteiger partial charge is 0.226 e. The van der Waals surface area contributed by atoms with E-state index in [0.29, 0.717) is 6.54 Å². The van der Waals surface area contributed by atoms with E-state index in [0.717, 1.165) is 40.8 Å². The standard InChI is InChI=1S/C22H26N6/c1-22(2,3)20-24-12-16-13-28(14-19(16)25-20)21-23-11-10-18(26-21)15-6-8-17(9-7-15)27(4)5/h6-12H,13-14H2,1-5H3. The van der Waals surface area contributed by atoms with Gasteiger partial charge in [0.1, 0.15) is 5.82 Å². The second kappa shape index (κ2) is 6.86. The fourth-order valence-corrected chi connectivity index (χ4v) is 3.25. The molecular formula is C22H26N6. The van der Waals surface area contributed by atoms with E-state index in [1.54, 1.807) is 0 Å². The van der Waals surface area contributed by atoms with E-state index in [4.69, 9.17) is 9.97 Å². The Morgan fingerprint density at radius 1 is 0.929 bits per heavy atom. The van der Waals surface area contributed by atoms with Gasteiger partial charge in [-0.05, 0) is 18.2 Å². The molecule has 2 aromatic heterocycles. The van der Waals surface area contributed by atoms with Gasteiger partial charge in [-0.25, -0.2) is 19.9 Å². The second-order valence-corrected chi connectivity index (χ2v) is 8.45. The normalized spacial score (nSPS) is 13.5. The monoisotopic (exact) mass is 374 g/mol. The first-order chi connectivity index (χ1) is 13.3. The zero-order valence-electron chi connectivity index (χ0n) is 17.1. The number of hydrogen-bond donors (Lipinski definition) is 0. The first-order valence-corrected chi connectivity index (χ1v) is 9.52. The van der Waals surface area contributed by atoms with Crippen molar-refractivity contribution in [3.63, 3.8) is 0 Å².